The Bertz CT molecular complexity index is 410. The minimum Gasteiger partial charge on any atom is -0.380 e. The lowest BCUT2D eigenvalue weighted by Crippen LogP contribution is -2.25. The van der Waals surface area contributed by atoms with Crippen LogP contribution in [0.4, 0.5) is 11.6 Å². The van der Waals surface area contributed by atoms with Gasteiger partial charge in [0.05, 0.1) is 6.10 Å². The normalized spacial score (nSPS) is 18.9. The quantitative estimate of drug-likeness (QED) is 0.852. The van der Waals surface area contributed by atoms with E-state index in [9.17, 15) is 0 Å². The molecule has 5 heteroatoms. The predicted molar refractivity (Wildman–Crippen MR) is 77.8 cm³/mol. The molecule has 0 amide bonds. The van der Waals surface area contributed by atoms with Gasteiger partial charge in [0.2, 0.25) is 0 Å². The second-order valence-electron chi connectivity index (χ2n) is 4.90. The molecule has 1 fully saturated rings. The van der Waals surface area contributed by atoms with Crippen molar-refractivity contribution in [1.29, 1.82) is 0 Å². The maximum Gasteiger partial charge on any atom is 0.137 e. The van der Waals surface area contributed by atoms with E-state index in [-0.39, 0.29) is 0 Å². The van der Waals surface area contributed by atoms with Gasteiger partial charge in [-0.15, -0.1) is 0 Å². The summed E-state index contributed by atoms with van der Waals surface area (Å²) in [5.74, 6) is 2.05. The number of methoxy groups -OCH3 is 1. The van der Waals surface area contributed by atoms with E-state index in [2.05, 4.69) is 34.0 Å². The maximum absolute atomic E-state index is 5.43. The van der Waals surface area contributed by atoms with Crippen molar-refractivity contribution in [2.45, 2.75) is 39.2 Å². The van der Waals surface area contributed by atoms with Crippen LogP contribution in [0.5, 0.6) is 0 Å². The molecule has 1 N–H and O–H groups in total. The molecule has 0 saturated carbocycles. The number of nitrogens with zero attached hydrogens (tertiary/aromatic N) is 3. The van der Waals surface area contributed by atoms with Crippen LogP contribution in [-0.2, 0) is 11.2 Å². The Hall–Kier alpha value is -1.36. The highest BCUT2D eigenvalue weighted by Crippen LogP contribution is 2.27. The molecule has 5 nitrogen and oxygen atoms in total. The molecule has 1 aromatic rings. The van der Waals surface area contributed by atoms with Crippen LogP contribution >= 0.6 is 0 Å². The van der Waals surface area contributed by atoms with Gasteiger partial charge in [-0.2, -0.15) is 0 Å². The number of aromatic nitrogens is 2. The van der Waals surface area contributed by atoms with E-state index in [1.165, 1.54) is 5.56 Å². The minimum absolute atomic E-state index is 0.326. The van der Waals surface area contributed by atoms with Crippen molar-refractivity contribution in [3.8, 4) is 0 Å². The van der Waals surface area contributed by atoms with Crippen LogP contribution in [0.3, 0.4) is 0 Å². The zero-order valence-electron chi connectivity index (χ0n) is 12.1. The molecular formula is C14H24N4O. The fourth-order valence-corrected chi connectivity index (χ4v) is 2.51. The van der Waals surface area contributed by atoms with Crippen LogP contribution in [0.1, 0.15) is 32.3 Å². The van der Waals surface area contributed by atoms with Gasteiger partial charge in [-0.05, 0) is 19.3 Å². The summed E-state index contributed by atoms with van der Waals surface area (Å²) in [6, 6.07) is 0. The summed E-state index contributed by atoms with van der Waals surface area (Å²) < 4.78 is 5.43. The molecule has 0 spiro atoms. The average molecular weight is 264 g/mol. The van der Waals surface area contributed by atoms with Crippen LogP contribution in [0, 0.1) is 0 Å². The third-order valence-electron chi connectivity index (χ3n) is 3.60. The molecule has 0 aliphatic carbocycles. The first-order valence-electron chi connectivity index (χ1n) is 7.15. The molecule has 1 unspecified atom stereocenters. The van der Waals surface area contributed by atoms with Crippen molar-refractivity contribution in [2.75, 3.05) is 37.0 Å². The molecule has 1 saturated heterocycles. The lowest BCUT2D eigenvalue weighted by Gasteiger charge is -2.21. The first kappa shape index (κ1) is 14.1. The summed E-state index contributed by atoms with van der Waals surface area (Å²) >= 11 is 0. The number of hydrogen-bond donors (Lipinski definition) is 1. The lowest BCUT2D eigenvalue weighted by molar-refractivity contribution is 0.121. The molecule has 1 aliphatic rings. The van der Waals surface area contributed by atoms with Crippen LogP contribution in [-0.4, -0.2) is 42.8 Å². The van der Waals surface area contributed by atoms with Crippen LogP contribution in [0.25, 0.3) is 0 Å². The summed E-state index contributed by atoms with van der Waals surface area (Å²) in [6.45, 7) is 7.20. The van der Waals surface area contributed by atoms with E-state index >= 15 is 0 Å². The number of nitrogens with one attached hydrogen (secondary N) is 1. The van der Waals surface area contributed by atoms with E-state index in [0.29, 0.717) is 6.10 Å². The molecule has 1 aromatic heterocycles. The minimum atomic E-state index is 0.326. The van der Waals surface area contributed by atoms with Crippen molar-refractivity contribution < 1.29 is 4.74 Å². The third kappa shape index (κ3) is 3.15. The summed E-state index contributed by atoms with van der Waals surface area (Å²) in [5.41, 5.74) is 1.22. The Morgan fingerprint density at radius 3 is 2.89 bits per heavy atom. The second-order valence-corrected chi connectivity index (χ2v) is 4.90. The van der Waals surface area contributed by atoms with E-state index in [1.54, 1.807) is 13.4 Å². The lowest BCUT2D eigenvalue weighted by atomic mass is 10.2. The average Bonchev–Trinajstić information content (AvgIpc) is 2.93. The Morgan fingerprint density at radius 1 is 1.42 bits per heavy atom. The van der Waals surface area contributed by atoms with Crippen molar-refractivity contribution in [3.05, 3.63) is 11.9 Å². The van der Waals surface area contributed by atoms with Gasteiger partial charge >= 0.3 is 0 Å². The maximum atomic E-state index is 5.43. The SMILES string of the molecule is CCCNc1ncnc(N2CCC(OC)C2)c1CC. The number of rotatable bonds is 6. The molecule has 1 aliphatic heterocycles. The zero-order valence-corrected chi connectivity index (χ0v) is 12.1. The van der Waals surface area contributed by atoms with Crippen LogP contribution in [0.15, 0.2) is 6.33 Å². The Morgan fingerprint density at radius 2 is 2.26 bits per heavy atom. The third-order valence-corrected chi connectivity index (χ3v) is 3.60. The van der Waals surface area contributed by atoms with Crippen LogP contribution < -0.4 is 10.2 Å². The fourth-order valence-electron chi connectivity index (χ4n) is 2.51. The van der Waals surface area contributed by atoms with E-state index in [4.69, 9.17) is 4.74 Å². The van der Waals surface area contributed by atoms with E-state index in [1.807, 2.05) is 0 Å². The predicted octanol–water partition coefficient (Wildman–Crippen LogP) is 2.09. The van der Waals surface area contributed by atoms with Crippen molar-refractivity contribution >= 4 is 11.6 Å². The number of anilines is 2. The van der Waals surface area contributed by atoms with Gasteiger partial charge in [0, 0.05) is 32.3 Å². The van der Waals surface area contributed by atoms with E-state index in [0.717, 1.165) is 50.5 Å². The first-order valence-corrected chi connectivity index (χ1v) is 7.15. The zero-order chi connectivity index (χ0) is 13.7. The van der Waals surface area contributed by atoms with Gasteiger partial charge in [0.25, 0.3) is 0 Å². The van der Waals surface area contributed by atoms with Crippen LogP contribution in [0.2, 0.25) is 0 Å². The summed E-state index contributed by atoms with van der Waals surface area (Å²) in [6.07, 6.45) is 5.09. The Balaban J connectivity index is 2.20. The molecule has 2 rings (SSSR count). The highest BCUT2D eigenvalue weighted by Gasteiger charge is 2.25. The van der Waals surface area contributed by atoms with Gasteiger partial charge in [0.15, 0.2) is 0 Å². The first-order chi connectivity index (χ1) is 9.30. The molecule has 0 aromatic carbocycles. The largest absolute Gasteiger partial charge is 0.380 e. The fraction of sp³-hybridized carbons (Fsp3) is 0.714. The Labute approximate surface area is 115 Å². The van der Waals surface area contributed by atoms with E-state index < -0.39 is 0 Å². The van der Waals surface area contributed by atoms with Gasteiger partial charge in [-0.1, -0.05) is 13.8 Å². The summed E-state index contributed by atoms with van der Waals surface area (Å²) in [4.78, 5) is 11.2. The van der Waals surface area contributed by atoms with Crippen molar-refractivity contribution in [2.24, 2.45) is 0 Å². The molecular weight excluding hydrogens is 240 g/mol. The topological polar surface area (TPSA) is 50.3 Å². The standard InChI is InChI=1S/C14H24N4O/c1-4-7-15-13-12(5-2)14(17-10-16-13)18-8-6-11(9-18)19-3/h10-11H,4-9H2,1-3H3,(H,15,16,17). The highest BCUT2D eigenvalue weighted by molar-refractivity contribution is 5.59. The second kappa shape index (κ2) is 6.70. The molecule has 1 atom stereocenters. The number of ether oxygens (including phenoxy) is 1. The molecule has 19 heavy (non-hydrogen) atoms. The number of hydrogen-bond acceptors (Lipinski definition) is 5. The summed E-state index contributed by atoms with van der Waals surface area (Å²) in [7, 11) is 1.78. The van der Waals surface area contributed by atoms with Gasteiger partial charge in [-0.25, -0.2) is 9.97 Å². The summed E-state index contributed by atoms with van der Waals surface area (Å²) in [5, 5.41) is 3.39. The smallest absolute Gasteiger partial charge is 0.137 e. The monoisotopic (exact) mass is 264 g/mol. The van der Waals surface area contributed by atoms with Gasteiger partial charge in [-0.3, -0.25) is 0 Å². The molecule has 0 bridgehead atoms. The highest BCUT2D eigenvalue weighted by atomic mass is 16.5. The molecule has 106 valence electrons. The molecule has 2 heterocycles. The van der Waals surface area contributed by atoms with Crippen molar-refractivity contribution in [3.63, 3.8) is 0 Å². The van der Waals surface area contributed by atoms with Crippen molar-refractivity contribution in [1.82, 2.24) is 9.97 Å². The van der Waals surface area contributed by atoms with Gasteiger partial charge < -0.3 is 15.0 Å². The van der Waals surface area contributed by atoms with Gasteiger partial charge in [0.1, 0.15) is 18.0 Å². The molecule has 0 radical (unpaired) electrons. The Kier molecular flexibility index (Phi) is 4.96.